The van der Waals surface area contributed by atoms with Crippen molar-refractivity contribution in [2.45, 2.75) is 43.6 Å². The molecule has 0 unspecified atom stereocenters. The summed E-state index contributed by atoms with van der Waals surface area (Å²) in [5.74, 6) is 0.714. The molecule has 0 aliphatic heterocycles. The van der Waals surface area contributed by atoms with Crippen molar-refractivity contribution in [3.63, 3.8) is 0 Å². The molecule has 0 atom stereocenters. The molecule has 3 nitrogen and oxygen atoms in total. The molecule has 0 radical (unpaired) electrons. The lowest BCUT2D eigenvalue weighted by Crippen LogP contribution is -2.33. The number of aromatic nitrogens is 1. The number of alkyl halides is 1. The number of ether oxygens (including phenoxy) is 1. The van der Waals surface area contributed by atoms with Gasteiger partial charge in [0.1, 0.15) is 0 Å². The first-order valence-corrected chi connectivity index (χ1v) is 6.58. The molecule has 1 N–H and O–H groups in total. The topological polar surface area (TPSA) is 34.1 Å². The number of pyridine rings is 1. The van der Waals surface area contributed by atoms with E-state index < -0.39 is 0 Å². The summed E-state index contributed by atoms with van der Waals surface area (Å²) in [5, 5.41) is 3.93. The highest BCUT2D eigenvalue weighted by atomic mass is 35.5. The molecule has 0 saturated heterocycles. The van der Waals surface area contributed by atoms with Crippen molar-refractivity contribution in [2.75, 3.05) is 7.11 Å². The van der Waals surface area contributed by atoms with Gasteiger partial charge in [0, 0.05) is 29.7 Å². The largest absolute Gasteiger partial charge is 0.481 e. The molecule has 17 heavy (non-hydrogen) atoms. The third kappa shape index (κ3) is 3.58. The van der Waals surface area contributed by atoms with Crippen LogP contribution in [0.5, 0.6) is 5.88 Å². The average molecular weight is 255 g/mol. The maximum atomic E-state index is 6.09. The zero-order valence-corrected chi connectivity index (χ0v) is 10.9. The second-order valence-electron chi connectivity index (χ2n) is 4.50. The first kappa shape index (κ1) is 12.7. The van der Waals surface area contributed by atoms with Crippen LogP contribution in [0, 0.1) is 0 Å². The van der Waals surface area contributed by atoms with Crippen LogP contribution in [-0.4, -0.2) is 23.5 Å². The maximum absolute atomic E-state index is 6.09. The number of nitrogens with zero attached hydrogens (tertiary/aromatic N) is 1. The lowest BCUT2D eigenvalue weighted by atomic mass is 9.95. The van der Waals surface area contributed by atoms with E-state index >= 15 is 0 Å². The van der Waals surface area contributed by atoms with Crippen molar-refractivity contribution in [3.05, 3.63) is 23.9 Å². The van der Waals surface area contributed by atoms with Crippen LogP contribution in [0.25, 0.3) is 0 Å². The summed E-state index contributed by atoms with van der Waals surface area (Å²) < 4.78 is 5.23. The monoisotopic (exact) mass is 254 g/mol. The smallest absolute Gasteiger partial charge is 0.217 e. The predicted octanol–water partition coefficient (Wildman–Crippen LogP) is 2.73. The Kier molecular flexibility index (Phi) is 4.63. The van der Waals surface area contributed by atoms with E-state index in [9.17, 15) is 0 Å². The summed E-state index contributed by atoms with van der Waals surface area (Å²) in [7, 11) is 1.66. The van der Waals surface area contributed by atoms with E-state index in [0.717, 1.165) is 37.8 Å². The molecule has 1 aromatic heterocycles. The molecule has 1 heterocycles. The Morgan fingerprint density at radius 1 is 1.41 bits per heavy atom. The fraction of sp³-hybridized carbons (Fsp3) is 0.615. The van der Waals surface area contributed by atoms with Gasteiger partial charge in [0.05, 0.1) is 7.11 Å². The highest BCUT2D eigenvalue weighted by Gasteiger charge is 2.19. The van der Waals surface area contributed by atoms with E-state index in [-0.39, 0.29) is 0 Å². The summed E-state index contributed by atoms with van der Waals surface area (Å²) in [4.78, 5) is 4.19. The van der Waals surface area contributed by atoms with Crippen molar-refractivity contribution in [1.29, 1.82) is 0 Å². The SMILES string of the molecule is COc1ncccc1CNC1CCC(Cl)CC1. The van der Waals surface area contributed by atoms with Crippen molar-refractivity contribution >= 4 is 11.6 Å². The number of nitrogens with one attached hydrogen (secondary N) is 1. The van der Waals surface area contributed by atoms with Crippen LogP contribution >= 0.6 is 11.6 Å². The summed E-state index contributed by atoms with van der Waals surface area (Å²) in [6.45, 7) is 0.814. The summed E-state index contributed by atoms with van der Waals surface area (Å²) in [6, 6.07) is 4.57. The minimum Gasteiger partial charge on any atom is -0.481 e. The van der Waals surface area contributed by atoms with Crippen molar-refractivity contribution in [2.24, 2.45) is 0 Å². The molecule has 1 fully saturated rings. The summed E-state index contributed by atoms with van der Waals surface area (Å²) in [6.07, 6.45) is 6.31. The number of methoxy groups -OCH3 is 1. The van der Waals surface area contributed by atoms with Crippen LogP contribution in [0.15, 0.2) is 18.3 Å². The lowest BCUT2D eigenvalue weighted by molar-refractivity contribution is 0.363. The second-order valence-corrected chi connectivity index (χ2v) is 5.12. The van der Waals surface area contributed by atoms with Gasteiger partial charge in [-0.2, -0.15) is 0 Å². The number of hydrogen-bond acceptors (Lipinski definition) is 3. The van der Waals surface area contributed by atoms with E-state index in [1.54, 1.807) is 13.3 Å². The fourth-order valence-electron chi connectivity index (χ4n) is 2.25. The van der Waals surface area contributed by atoms with Gasteiger partial charge < -0.3 is 10.1 Å². The van der Waals surface area contributed by atoms with Crippen LogP contribution in [0.1, 0.15) is 31.2 Å². The molecule has 1 saturated carbocycles. The van der Waals surface area contributed by atoms with Gasteiger partial charge in [0.25, 0.3) is 0 Å². The van der Waals surface area contributed by atoms with E-state index in [1.165, 1.54) is 0 Å². The van der Waals surface area contributed by atoms with Gasteiger partial charge in [-0.1, -0.05) is 6.07 Å². The molecule has 0 spiro atoms. The Labute approximate surface area is 108 Å². The Balaban J connectivity index is 1.85. The zero-order valence-electron chi connectivity index (χ0n) is 10.2. The third-order valence-electron chi connectivity index (χ3n) is 3.28. The van der Waals surface area contributed by atoms with Crippen molar-refractivity contribution in [3.8, 4) is 5.88 Å². The average Bonchev–Trinajstić information content (AvgIpc) is 2.38. The molecule has 0 aromatic carbocycles. The molecule has 0 bridgehead atoms. The molecular weight excluding hydrogens is 236 g/mol. The molecule has 4 heteroatoms. The van der Waals surface area contributed by atoms with Gasteiger partial charge in [-0.25, -0.2) is 4.98 Å². The van der Waals surface area contributed by atoms with Crippen molar-refractivity contribution < 1.29 is 4.74 Å². The number of rotatable bonds is 4. The first-order chi connectivity index (χ1) is 8.29. The van der Waals surface area contributed by atoms with Gasteiger partial charge in [-0.3, -0.25) is 0 Å². The first-order valence-electron chi connectivity index (χ1n) is 6.15. The molecule has 1 aliphatic rings. The lowest BCUT2D eigenvalue weighted by Gasteiger charge is -2.26. The number of halogens is 1. The maximum Gasteiger partial charge on any atom is 0.217 e. The van der Waals surface area contributed by atoms with Crippen LogP contribution in [-0.2, 0) is 6.54 Å². The molecular formula is C13H19ClN2O. The Morgan fingerprint density at radius 2 is 2.18 bits per heavy atom. The molecule has 1 aromatic rings. The predicted molar refractivity (Wildman–Crippen MR) is 69.5 cm³/mol. The van der Waals surface area contributed by atoms with Crippen LogP contribution in [0.2, 0.25) is 0 Å². The van der Waals surface area contributed by atoms with Crippen LogP contribution < -0.4 is 10.1 Å². The van der Waals surface area contributed by atoms with Crippen LogP contribution in [0.3, 0.4) is 0 Å². The van der Waals surface area contributed by atoms with Gasteiger partial charge in [-0.15, -0.1) is 11.6 Å². The molecule has 0 amide bonds. The molecule has 1 aliphatic carbocycles. The minimum absolute atomic E-state index is 0.376. The minimum atomic E-state index is 0.376. The Morgan fingerprint density at radius 3 is 2.88 bits per heavy atom. The van der Waals surface area contributed by atoms with Gasteiger partial charge in [-0.05, 0) is 31.7 Å². The second kappa shape index (κ2) is 6.22. The highest BCUT2D eigenvalue weighted by molar-refractivity contribution is 6.20. The number of hydrogen-bond donors (Lipinski definition) is 1. The van der Waals surface area contributed by atoms with E-state index in [0.29, 0.717) is 17.3 Å². The van der Waals surface area contributed by atoms with E-state index in [1.807, 2.05) is 12.1 Å². The molecule has 2 rings (SSSR count). The van der Waals surface area contributed by atoms with Crippen LogP contribution in [0.4, 0.5) is 0 Å². The Hall–Kier alpha value is -0.800. The zero-order chi connectivity index (χ0) is 12.1. The van der Waals surface area contributed by atoms with Gasteiger partial charge in [0.2, 0.25) is 5.88 Å². The molecule has 94 valence electrons. The van der Waals surface area contributed by atoms with Crippen molar-refractivity contribution in [1.82, 2.24) is 10.3 Å². The Bertz CT molecular complexity index is 351. The standard InChI is InChI=1S/C13H19ClN2O/c1-17-13-10(3-2-8-15-13)9-16-12-6-4-11(14)5-7-12/h2-3,8,11-12,16H,4-7,9H2,1H3. The normalized spacial score (nSPS) is 24.6. The third-order valence-corrected chi connectivity index (χ3v) is 3.72. The van der Waals surface area contributed by atoms with E-state index in [4.69, 9.17) is 16.3 Å². The summed E-state index contributed by atoms with van der Waals surface area (Å²) >= 11 is 6.09. The highest BCUT2D eigenvalue weighted by Crippen LogP contribution is 2.23. The fourth-order valence-corrected chi connectivity index (χ4v) is 2.51. The quantitative estimate of drug-likeness (QED) is 0.839. The van der Waals surface area contributed by atoms with Gasteiger partial charge in [0.15, 0.2) is 0 Å². The van der Waals surface area contributed by atoms with E-state index in [2.05, 4.69) is 10.3 Å². The summed E-state index contributed by atoms with van der Waals surface area (Å²) in [5.41, 5.74) is 1.11. The van der Waals surface area contributed by atoms with Gasteiger partial charge >= 0.3 is 0 Å².